The number of hydrazine groups is 1. The summed E-state index contributed by atoms with van der Waals surface area (Å²) in [6, 6.07) is 8.38. The van der Waals surface area contributed by atoms with Gasteiger partial charge in [0.05, 0.1) is 24.3 Å². The van der Waals surface area contributed by atoms with Crippen LogP contribution in [0.5, 0.6) is 0 Å². The topological polar surface area (TPSA) is 105 Å². The van der Waals surface area contributed by atoms with E-state index < -0.39 is 0 Å². The van der Waals surface area contributed by atoms with Crippen LogP contribution in [0, 0.1) is 11.8 Å². The van der Waals surface area contributed by atoms with Gasteiger partial charge in [-0.25, -0.2) is 9.99 Å². The zero-order chi connectivity index (χ0) is 27.8. The first kappa shape index (κ1) is 27.5. The summed E-state index contributed by atoms with van der Waals surface area (Å²) in [5.74, 6) is 1.13. The Morgan fingerprint density at radius 1 is 1.00 bits per heavy atom. The average Bonchev–Trinajstić information content (AvgIpc) is 3.54. The van der Waals surface area contributed by atoms with Crippen LogP contribution >= 0.6 is 11.6 Å². The van der Waals surface area contributed by atoms with Crippen LogP contribution < -0.4 is 21.6 Å². The number of aromatic nitrogens is 5. The van der Waals surface area contributed by atoms with Gasteiger partial charge in [-0.05, 0) is 62.7 Å². The lowest BCUT2D eigenvalue weighted by Crippen LogP contribution is -2.54. The fourth-order valence-corrected chi connectivity index (χ4v) is 7.23. The van der Waals surface area contributed by atoms with E-state index in [1.807, 2.05) is 36.0 Å². The Labute approximate surface area is 240 Å². The third-order valence-corrected chi connectivity index (χ3v) is 9.34. The van der Waals surface area contributed by atoms with Gasteiger partial charge < -0.3 is 10.6 Å². The maximum atomic E-state index is 13.8. The van der Waals surface area contributed by atoms with E-state index in [1.54, 1.807) is 17.1 Å². The number of benzene rings is 1. The van der Waals surface area contributed by atoms with Gasteiger partial charge in [0.1, 0.15) is 5.69 Å². The molecule has 0 radical (unpaired) electrons. The zero-order valence-electron chi connectivity index (χ0n) is 23.6. The van der Waals surface area contributed by atoms with Crippen molar-refractivity contribution in [3.63, 3.8) is 0 Å². The number of hydrogen-bond acceptors (Lipinski definition) is 8. The summed E-state index contributed by atoms with van der Waals surface area (Å²) in [5.41, 5.74) is 6.45. The Bertz CT molecular complexity index is 1390. The van der Waals surface area contributed by atoms with Crippen LogP contribution in [0.1, 0.15) is 45.1 Å². The lowest BCUT2D eigenvalue weighted by Gasteiger charge is -2.42. The molecule has 2 aromatic heterocycles. The molecule has 0 saturated carbocycles. The first-order valence-electron chi connectivity index (χ1n) is 14.6. The lowest BCUT2D eigenvalue weighted by atomic mass is 9.80. The largest absolute Gasteiger partial charge is 0.312 e. The highest BCUT2D eigenvalue weighted by Crippen LogP contribution is 2.35. The second-order valence-electron chi connectivity index (χ2n) is 11.9. The molecule has 10 nitrogen and oxygen atoms in total. The predicted molar refractivity (Wildman–Crippen MR) is 157 cm³/mol. The lowest BCUT2D eigenvalue weighted by molar-refractivity contribution is 0.108. The molecule has 40 heavy (non-hydrogen) atoms. The van der Waals surface area contributed by atoms with Crippen molar-refractivity contribution in [1.29, 1.82) is 0 Å². The molecule has 1 aromatic carbocycles. The molecule has 5 heterocycles. The van der Waals surface area contributed by atoms with E-state index in [0.29, 0.717) is 40.3 Å². The van der Waals surface area contributed by atoms with Crippen LogP contribution in [-0.2, 0) is 7.05 Å². The molecule has 3 saturated heterocycles. The summed E-state index contributed by atoms with van der Waals surface area (Å²) in [5, 5.41) is 18.9. The van der Waals surface area contributed by atoms with Gasteiger partial charge in [-0.3, -0.25) is 19.5 Å². The zero-order valence-corrected chi connectivity index (χ0v) is 24.3. The van der Waals surface area contributed by atoms with Crippen LogP contribution in [0.4, 0.5) is 0 Å². The molecule has 214 valence electrons. The second-order valence-corrected chi connectivity index (χ2v) is 12.4. The number of nitrogens with one attached hydrogen (secondary N) is 3. The van der Waals surface area contributed by atoms with Gasteiger partial charge in [-0.1, -0.05) is 36.2 Å². The fourth-order valence-electron chi connectivity index (χ4n) is 7.05. The molecule has 4 unspecified atom stereocenters. The molecular weight excluding hydrogens is 526 g/mol. The van der Waals surface area contributed by atoms with Crippen molar-refractivity contribution in [3.8, 4) is 22.5 Å². The number of aryl methyl sites for hydroxylation is 1. The summed E-state index contributed by atoms with van der Waals surface area (Å²) >= 11 is 6.38. The highest BCUT2D eigenvalue weighted by atomic mass is 35.5. The van der Waals surface area contributed by atoms with Gasteiger partial charge in [-0.2, -0.15) is 0 Å². The molecule has 0 spiro atoms. The van der Waals surface area contributed by atoms with Crippen LogP contribution in [-0.4, -0.2) is 74.4 Å². The molecule has 0 aliphatic carbocycles. The summed E-state index contributed by atoms with van der Waals surface area (Å²) in [7, 11) is 4.01. The van der Waals surface area contributed by atoms with E-state index in [4.69, 9.17) is 16.6 Å². The Morgan fingerprint density at radius 3 is 2.67 bits per heavy atom. The van der Waals surface area contributed by atoms with E-state index >= 15 is 0 Å². The van der Waals surface area contributed by atoms with Gasteiger partial charge in [-0.15, -0.1) is 5.10 Å². The van der Waals surface area contributed by atoms with Crippen molar-refractivity contribution in [3.05, 3.63) is 52.2 Å². The van der Waals surface area contributed by atoms with Crippen LogP contribution in [0.3, 0.4) is 0 Å². The highest BCUT2D eigenvalue weighted by Gasteiger charge is 2.41. The standard InChI is InChI=1S/C29H40ClN9O/c1-18-5-4-6-27(24-11-19(9-10-31-24)29-25(32-14-18)15-34-38(29)3)39-17-33-23(13-28(39)40)22-12-20(30)7-8-21(22)26-16-37(2)36-35-26/h7-8,12-13,16-19,24-25,27,29,31-32,34H,4-6,9-11,14-15H2,1-3H3/t18-,19?,24?,25?,27+,29?/m1/s1. The number of halogens is 1. The average molecular weight is 566 g/mol. The van der Waals surface area contributed by atoms with Gasteiger partial charge in [0.2, 0.25) is 0 Å². The minimum Gasteiger partial charge on any atom is -0.312 e. The van der Waals surface area contributed by atoms with Gasteiger partial charge in [0, 0.05) is 61.0 Å². The number of piperidine rings is 1. The van der Waals surface area contributed by atoms with Crippen molar-refractivity contribution < 1.29 is 0 Å². The Kier molecular flexibility index (Phi) is 8.05. The van der Waals surface area contributed by atoms with Crippen molar-refractivity contribution in [2.24, 2.45) is 18.9 Å². The molecular formula is C29H40ClN9O. The van der Waals surface area contributed by atoms with Gasteiger partial charge in [0.25, 0.3) is 5.56 Å². The monoisotopic (exact) mass is 565 g/mol. The van der Waals surface area contributed by atoms with E-state index in [9.17, 15) is 4.79 Å². The molecule has 6 rings (SSSR count). The van der Waals surface area contributed by atoms with Gasteiger partial charge >= 0.3 is 0 Å². The molecule has 3 aliphatic heterocycles. The minimum absolute atomic E-state index is 0.0386. The molecule has 0 amide bonds. The molecule has 11 heteroatoms. The van der Waals surface area contributed by atoms with Crippen molar-refractivity contribution in [2.45, 2.75) is 63.2 Å². The molecule has 3 aliphatic rings. The normalized spacial score (nSPS) is 29.9. The summed E-state index contributed by atoms with van der Waals surface area (Å²) in [6.07, 6.45) is 8.92. The van der Waals surface area contributed by atoms with Crippen LogP contribution in [0.15, 0.2) is 41.6 Å². The number of nitrogens with zero attached hydrogens (tertiary/aromatic N) is 6. The quantitative estimate of drug-likeness (QED) is 0.445. The number of likely N-dealkylation sites (N-methyl/N-ethyl adjacent to an activating group) is 1. The van der Waals surface area contributed by atoms with Crippen molar-refractivity contribution >= 4 is 11.6 Å². The molecule has 3 aromatic rings. The third-order valence-electron chi connectivity index (χ3n) is 9.10. The van der Waals surface area contributed by atoms with Crippen LogP contribution in [0.2, 0.25) is 5.02 Å². The van der Waals surface area contributed by atoms with Crippen molar-refractivity contribution in [2.75, 3.05) is 26.7 Å². The first-order chi connectivity index (χ1) is 19.4. The van der Waals surface area contributed by atoms with E-state index in [1.165, 1.54) is 0 Å². The first-order valence-corrected chi connectivity index (χ1v) is 14.9. The second kappa shape index (κ2) is 11.7. The molecule has 2 bridgehead atoms. The smallest absolute Gasteiger partial charge is 0.254 e. The van der Waals surface area contributed by atoms with Gasteiger partial charge in [0.15, 0.2) is 0 Å². The highest BCUT2D eigenvalue weighted by molar-refractivity contribution is 6.31. The minimum atomic E-state index is -0.0386. The summed E-state index contributed by atoms with van der Waals surface area (Å²) in [6.45, 7) is 5.29. The third kappa shape index (κ3) is 5.60. The summed E-state index contributed by atoms with van der Waals surface area (Å²) in [4.78, 5) is 18.6. The number of rotatable bonds is 3. The SMILES string of the molecule is C[C@@H]1CCC[C@H](n2cnc(-c3cc(Cl)ccc3-c3cn(C)nn3)cc2=O)C2CC(CCN2)C2C(CNN2C)NC1. The molecule has 3 fully saturated rings. The predicted octanol–water partition coefficient (Wildman–Crippen LogP) is 2.87. The Morgan fingerprint density at radius 2 is 1.88 bits per heavy atom. The van der Waals surface area contributed by atoms with E-state index in [-0.39, 0.29) is 17.6 Å². The Hall–Kier alpha value is -2.63. The number of hydrogen-bond donors (Lipinski definition) is 3. The molecule has 6 atom stereocenters. The van der Waals surface area contributed by atoms with E-state index in [2.05, 4.69) is 45.4 Å². The van der Waals surface area contributed by atoms with E-state index in [0.717, 1.165) is 62.9 Å². The molecule has 3 N–H and O–H groups in total. The maximum Gasteiger partial charge on any atom is 0.254 e. The summed E-state index contributed by atoms with van der Waals surface area (Å²) < 4.78 is 3.53. The van der Waals surface area contributed by atoms with Crippen molar-refractivity contribution in [1.82, 2.24) is 45.6 Å². The maximum absolute atomic E-state index is 13.8. The fraction of sp³-hybridized carbons (Fsp3) is 0.586. The van der Waals surface area contributed by atoms with Crippen LogP contribution in [0.25, 0.3) is 22.5 Å². The number of fused-ring (bicyclic) bond motifs is 4. The Balaban J connectivity index is 1.33.